The lowest BCUT2D eigenvalue weighted by Gasteiger charge is -2.14. The number of rotatable bonds is 3. The van der Waals surface area contributed by atoms with Gasteiger partial charge in [-0.25, -0.2) is 0 Å². The maximum atomic E-state index is 12.0. The molecule has 5 heteroatoms. The number of aromatic hydroxyl groups is 1. The van der Waals surface area contributed by atoms with E-state index in [2.05, 4.69) is 5.32 Å². The Kier molecular flexibility index (Phi) is 3.72. The van der Waals surface area contributed by atoms with Crippen LogP contribution in [0.5, 0.6) is 5.75 Å². The van der Waals surface area contributed by atoms with Crippen LogP contribution >= 0.6 is 0 Å². The van der Waals surface area contributed by atoms with Gasteiger partial charge in [-0.1, -0.05) is 6.07 Å². The van der Waals surface area contributed by atoms with Crippen LogP contribution in [0, 0.1) is 0 Å². The topological polar surface area (TPSA) is 84.6 Å². The molecule has 0 bridgehead atoms. The van der Waals surface area contributed by atoms with Gasteiger partial charge in [0.2, 0.25) is 0 Å². The molecule has 0 radical (unpaired) electrons. The molecule has 1 amide bonds. The summed E-state index contributed by atoms with van der Waals surface area (Å²) in [5.74, 6) is -0.446. The summed E-state index contributed by atoms with van der Waals surface area (Å²) in [6.45, 7) is 0. The zero-order valence-corrected chi connectivity index (χ0v) is 10.3. The van der Waals surface area contributed by atoms with Crippen LogP contribution in [0.25, 0.3) is 0 Å². The first-order valence-corrected chi connectivity index (χ1v) is 6.03. The van der Waals surface area contributed by atoms with Gasteiger partial charge in [0.05, 0.1) is 17.4 Å². The minimum atomic E-state index is -0.290. The number of nitrogens with two attached hydrogens (primary N) is 1. The predicted octanol–water partition coefficient (Wildman–Crippen LogP) is 1.27. The number of methoxy groups -OCH3 is 1. The summed E-state index contributed by atoms with van der Waals surface area (Å²) in [4.78, 5) is 12.0. The maximum Gasteiger partial charge on any atom is 0.255 e. The van der Waals surface area contributed by atoms with E-state index in [4.69, 9.17) is 10.5 Å². The second-order valence-electron chi connectivity index (χ2n) is 4.58. The number of phenolic OH excluding ortho intramolecular Hbond substituents is 1. The van der Waals surface area contributed by atoms with E-state index >= 15 is 0 Å². The Hall–Kier alpha value is -1.75. The van der Waals surface area contributed by atoms with Gasteiger partial charge < -0.3 is 20.9 Å². The first kappa shape index (κ1) is 12.7. The highest BCUT2D eigenvalue weighted by molar-refractivity contribution is 5.98. The second-order valence-corrected chi connectivity index (χ2v) is 4.58. The van der Waals surface area contributed by atoms with Gasteiger partial charge >= 0.3 is 0 Å². The van der Waals surface area contributed by atoms with Crippen molar-refractivity contribution in [1.82, 2.24) is 5.32 Å². The van der Waals surface area contributed by atoms with Crippen LogP contribution in [0.1, 0.15) is 29.6 Å². The Balaban J connectivity index is 2.02. The Bertz CT molecular complexity index is 448. The SMILES string of the molecule is COC1CCC(NC(=O)c2cccc(N)c2O)C1. The Morgan fingerprint density at radius 2 is 2.28 bits per heavy atom. The number of nitrogen functional groups attached to an aromatic ring is 1. The molecule has 5 nitrogen and oxygen atoms in total. The number of nitrogens with one attached hydrogen (secondary N) is 1. The third-order valence-corrected chi connectivity index (χ3v) is 3.36. The van der Waals surface area contributed by atoms with E-state index in [1.54, 1.807) is 25.3 Å². The number of hydrogen-bond acceptors (Lipinski definition) is 4. The molecule has 18 heavy (non-hydrogen) atoms. The Morgan fingerprint density at radius 1 is 1.50 bits per heavy atom. The van der Waals surface area contributed by atoms with Crippen molar-refractivity contribution in [2.75, 3.05) is 12.8 Å². The molecule has 0 heterocycles. The number of para-hydroxylation sites is 1. The van der Waals surface area contributed by atoms with Gasteiger partial charge in [-0.15, -0.1) is 0 Å². The van der Waals surface area contributed by atoms with E-state index in [9.17, 15) is 9.90 Å². The molecular formula is C13H18N2O3. The zero-order chi connectivity index (χ0) is 13.1. The van der Waals surface area contributed by atoms with E-state index in [1.165, 1.54) is 0 Å². The molecule has 1 aromatic rings. The number of amides is 1. The van der Waals surface area contributed by atoms with E-state index in [0.717, 1.165) is 19.3 Å². The number of ether oxygens (including phenoxy) is 1. The van der Waals surface area contributed by atoms with Crippen LogP contribution in [0.15, 0.2) is 18.2 Å². The number of hydrogen-bond donors (Lipinski definition) is 3. The third kappa shape index (κ3) is 2.56. The van der Waals surface area contributed by atoms with Crippen LogP contribution in [0.3, 0.4) is 0 Å². The highest BCUT2D eigenvalue weighted by Gasteiger charge is 2.26. The van der Waals surface area contributed by atoms with E-state index in [-0.39, 0.29) is 35.1 Å². The number of anilines is 1. The molecule has 0 saturated heterocycles. The quantitative estimate of drug-likeness (QED) is 0.557. The molecule has 1 saturated carbocycles. The van der Waals surface area contributed by atoms with Crippen molar-refractivity contribution < 1.29 is 14.6 Å². The monoisotopic (exact) mass is 250 g/mol. The lowest BCUT2D eigenvalue weighted by molar-refractivity contribution is 0.0913. The summed E-state index contributed by atoms with van der Waals surface area (Å²) < 4.78 is 5.25. The molecule has 1 aliphatic rings. The van der Waals surface area contributed by atoms with Crippen molar-refractivity contribution in [3.63, 3.8) is 0 Å². The molecule has 98 valence electrons. The van der Waals surface area contributed by atoms with Crippen LogP contribution in [-0.2, 0) is 4.74 Å². The molecule has 0 spiro atoms. The molecule has 0 aromatic heterocycles. The van der Waals surface area contributed by atoms with Crippen molar-refractivity contribution in [2.45, 2.75) is 31.4 Å². The molecule has 2 atom stereocenters. The van der Waals surface area contributed by atoms with Gasteiger partial charge in [0, 0.05) is 13.2 Å². The average molecular weight is 250 g/mol. The van der Waals surface area contributed by atoms with Crippen LogP contribution in [0.4, 0.5) is 5.69 Å². The lowest BCUT2D eigenvalue weighted by Crippen LogP contribution is -2.33. The van der Waals surface area contributed by atoms with Crippen molar-refractivity contribution in [3.05, 3.63) is 23.8 Å². The Morgan fingerprint density at radius 3 is 2.94 bits per heavy atom. The maximum absolute atomic E-state index is 12.0. The predicted molar refractivity (Wildman–Crippen MR) is 68.4 cm³/mol. The van der Waals surface area contributed by atoms with Crippen molar-refractivity contribution in [3.8, 4) is 5.75 Å². The first-order chi connectivity index (χ1) is 8.61. The second kappa shape index (κ2) is 5.27. The summed E-state index contributed by atoms with van der Waals surface area (Å²) in [5.41, 5.74) is 5.99. The molecular weight excluding hydrogens is 232 g/mol. The fourth-order valence-electron chi connectivity index (χ4n) is 2.29. The highest BCUT2D eigenvalue weighted by atomic mass is 16.5. The summed E-state index contributed by atoms with van der Waals surface area (Å²) in [6.07, 6.45) is 2.87. The summed E-state index contributed by atoms with van der Waals surface area (Å²) >= 11 is 0. The average Bonchev–Trinajstić information content (AvgIpc) is 2.80. The molecule has 1 aromatic carbocycles. The van der Waals surface area contributed by atoms with E-state index in [0.29, 0.717) is 0 Å². The smallest absolute Gasteiger partial charge is 0.255 e. The number of carbonyl (C=O) groups excluding carboxylic acids is 1. The number of benzene rings is 1. The van der Waals surface area contributed by atoms with E-state index < -0.39 is 0 Å². The third-order valence-electron chi connectivity index (χ3n) is 3.36. The van der Waals surface area contributed by atoms with E-state index in [1.807, 2.05) is 0 Å². The Labute approximate surface area is 106 Å². The zero-order valence-electron chi connectivity index (χ0n) is 10.3. The lowest BCUT2D eigenvalue weighted by atomic mass is 10.1. The molecule has 2 unspecified atom stereocenters. The van der Waals surface area contributed by atoms with Crippen molar-refractivity contribution in [1.29, 1.82) is 0 Å². The summed E-state index contributed by atoms with van der Waals surface area (Å²) in [5, 5.41) is 12.6. The fourth-order valence-corrected chi connectivity index (χ4v) is 2.29. The summed E-state index contributed by atoms with van der Waals surface area (Å²) in [6, 6.07) is 4.87. The molecule has 1 aliphatic carbocycles. The van der Waals surface area contributed by atoms with Gasteiger partial charge in [-0.3, -0.25) is 4.79 Å². The van der Waals surface area contributed by atoms with Gasteiger partial charge in [0.15, 0.2) is 5.75 Å². The summed E-state index contributed by atoms with van der Waals surface area (Å²) in [7, 11) is 1.68. The van der Waals surface area contributed by atoms with Crippen molar-refractivity contribution >= 4 is 11.6 Å². The van der Waals surface area contributed by atoms with Crippen molar-refractivity contribution in [2.24, 2.45) is 0 Å². The molecule has 2 rings (SSSR count). The molecule has 0 aliphatic heterocycles. The minimum absolute atomic E-state index is 0.100. The van der Waals surface area contributed by atoms with Gasteiger partial charge in [-0.05, 0) is 31.4 Å². The van der Waals surface area contributed by atoms with Crippen LogP contribution in [-0.4, -0.2) is 30.3 Å². The van der Waals surface area contributed by atoms with Crippen LogP contribution in [0.2, 0.25) is 0 Å². The highest BCUT2D eigenvalue weighted by Crippen LogP contribution is 2.26. The standard InChI is InChI=1S/C13H18N2O3/c1-18-9-6-5-8(7-9)15-13(17)10-3-2-4-11(14)12(10)16/h2-4,8-9,16H,5-7,14H2,1H3,(H,15,17). The minimum Gasteiger partial charge on any atom is -0.505 e. The van der Waals surface area contributed by atoms with Gasteiger partial charge in [0.25, 0.3) is 5.91 Å². The molecule has 1 fully saturated rings. The first-order valence-electron chi connectivity index (χ1n) is 6.03. The fraction of sp³-hybridized carbons (Fsp3) is 0.462. The normalized spacial score (nSPS) is 22.9. The van der Waals surface area contributed by atoms with Crippen LogP contribution < -0.4 is 11.1 Å². The number of carbonyl (C=O) groups is 1. The number of phenols is 1. The largest absolute Gasteiger partial charge is 0.505 e. The van der Waals surface area contributed by atoms with Gasteiger partial charge in [0.1, 0.15) is 0 Å². The molecule has 4 N–H and O–H groups in total. The van der Waals surface area contributed by atoms with Gasteiger partial charge in [-0.2, -0.15) is 0 Å².